The smallest absolute Gasteiger partial charge is 0.0765 e. The van der Waals surface area contributed by atoms with Crippen LogP contribution >= 0.6 is 0 Å². The van der Waals surface area contributed by atoms with Gasteiger partial charge in [0.15, 0.2) is 0 Å². The number of aliphatic hydroxyl groups is 1. The predicted octanol–water partition coefficient (Wildman–Crippen LogP) is 3.28. The van der Waals surface area contributed by atoms with Crippen LogP contribution in [-0.4, -0.2) is 11.2 Å². The molecule has 1 aromatic rings. The Morgan fingerprint density at radius 3 is 2.56 bits per heavy atom. The van der Waals surface area contributed by atoms with Gasteiger partial charge in [0.25, 0.3) is 0 Å². The third-order valence-electron chi connectivity index (χ3n) is 4.15. The van der Waals surface area contributed by atoms with E-state index in [-0.39, 0.29) is 11.5 Å². The van der Waals surface area contributed by atoms with Crippen LogP contribution in [0.1, 0.15) is 43.7 Å². The Hall–Kier alpha value is -1.08. The van der Waals surface area contributed by atoms with E-state index in [1.54, 1.807) is 0 Å². The molecule has 1 heteroatoms. The number of hydrogen-bond acceptors (Lipinski definition) is 1. The number of benzene rings is 1. The average Bonchev–Trinajstić information content (AvgIpc) is 2.87. The van der Waals surface area contributed by atoms with Gasteiger partial charge in [0, 0.05) is 5.41 Å². The van der Waals surface area contributed by atoms with Crippen molar-refractivity contribution in [2.24, 2.45) is 0 Å². The van der Waals surface area contributed by atoms with Gasteiger partial charge in [-0.1, -0.05) is 43.2 Å². The van der Waals surface area contributed by atoms with Gasteiger partial charge >= 0.3 is 0 Å². The highest BCUT2D eigenvalue weighted by atomic mass is 16.3. The average molecular weight is 214 g/mol. The van der Waals surface area contributed by atoms with Crippen molar-refractivity contribution in [2.75, 3.05) is 0 Å². The van der Waals surface area contributed by atoms with E-state index in [2.05, 4.69) is 30.3 Å². The van der Waals surface area contributed by atoms with Crippen LogP contribution in [-0.2, 0) is 5.41 Å². The molecular formula is C15H18O. The van der Waals surface area contributed by atoms with E-state index < -0.39 is 0 Å². The highest BCUT2D eigenvalue weighted by Gasteiger charge is 2.40. The molecule has 0 aliphatic heterocycles. The summed E-state index contributed by atoms with van der Waals surface area (Å²) >= 11 is 0. The molecule has 0 radical (unpaired) electrons. The van der Waals surface area contributed by atoms with Crippen LogP contribution in [0.3, 0.4) is 0 Å². The summed E-state index contributed by atoms with van der Waals surface area (Å²) in [6.45, 7) is 1.87. The van der Waals surface area contributed by atoms with Crippen molar-refractivity contribution in [2.45, 2.75) is 44.1 Å². The van der Waals surface area contributed by atoms with Crippen molar-refractivity contribution in [1.29, 1.82) is 0 Å². The summed E-state index contributed by atoms with van der Waals surface area (Å²) in [4.78, 5) is 0. The predicted molar refractivity (Wildman–Crippen MR) is 66.2 cm³/mol. The molecule has 16 heavy (non-hydrogen) atoms. The second kappa shape index (κ2) is 3.46. The van der Waals surface area contributed by atoms with Crippen LogP contribution in [0.5, 0.6) is 0 Å². The summed E-state index contributed by atoms with van der Waals surface area (Å²) in [5.74, 6) is 0. The minimum atomic E-state index is -0.346. The molecular weight excluding hydrogens is 196 g/mol. The Bertz CT molecular complexity index is 437. The van der Waals surface area contributed by atoms with Crippen LogP contribution in [0.15, 0.2) is 30.3 Å². The molecule has 1 saturated carbocycles. The van der Waals surface area contributed by atoms with Crippen molar-refractivity contribution < 1.29 is 5.11 Å². The minimum absolute atomic E-state index is 0.253. The molecule has 84 valence electrons. The van der Waals surface area contributed by atoms with E-state index in [9.17, 15) is 5.11 Å². The highest BCUT2D eigenvalue weighted by molar-refractivity contribution is 5.78. The van der Waals surface area contributed by atoms with E-state index in [0.29, 0.717) is 0 Å². The van der Waals surface area contributed by atoms with E-state index in [1.165, 1.54) is 36.8 Å². The van der Waals surface area contributed by atoms with Crippen molar-refractivity contribution in [1.82, 2.24) is 0 Å². The molecule has 1 spiro atoms. The first kappa shape index (κ1) is 10.1. The molecule has 1 nitrogen and oxygen atoms in total. The summed E-state index contributed by atoms with van der Waals surface area (Å²) in [5, 5.41) is 9.87. The Labute approximate surface area is 96.8 Å². The maximum atomic E-state index is 9.87. The van der Waals surface area contributed by atoms with Crippen LogP contribution < -0.4 is 0 Å². The first-order valence-corrected chi connectivity index (χ1v) is 6.24. The largest absolute Gasteiger partial charge is 0.389 e. The standard InChI is InChI=1S/C15H18O/c1-11(16)13-10-15(8-4-5-9-15)14-7-3-2-6-12(13)14/h2-3,6-7,10-11,16H,4-5,8-9H2,1H3. The fourth-order valence-electron chi connectivity index (χ4n) is 3.39. The second-order valence-electron chi connectivity index (χ2n) is 5.18. The third kappa shape index (κ3) is 1.28. The lowest BCUT2D eigenvalue weighted by molar-refractivity contribution is 0.253. The van der Waals surface area contributed by atoms with E-state index in [1.807, 2.05) is 6.92 Å². The van der Waals surface area contributed by atoms with Gasteiger partial charge < -0.3 is 5.11 Å². The van der Waals surface area contributed by atoms with Crippen molar-refractivity contribution in [3.63, 3.8) is 0 Å². The van der Waals surface area contributed by atoms with Crippen LogP contribution in [0, 0.1) is 0 Å². The van der Waals surface area contributed by atoms with Crippen molar-refractivity contribution >= 4 is 5.57 Å². The van der Waals surface area contributed by atoms with Crippen LogP contribution in [0.2, 0.25) is 0 Å². The number of rotatable bonds is 1. The zero-order valence-electron chi connectivity index (χ0n) is 9.74. The number of aliphatic hydroxyl groups excluding tert-OH is 1. The van der Waals surface area contributed by atoms with Gasteiger partial charge in [-0.25, -0.2) is 0 Å². The van der Waals surface area contributed by atoms with Crippen LogP contribution in [0.25, 0.3) is 5.57 Å². The van der Waals surface area contributed by atoms with E-state index in [0.717, 1.165) is 5.57 Å². The van der Waals surface area contributed by atoms with Gasteiger partial charge in [-0.05, 0) is 36.5 Å². The molecule has 0 aromatic heterocycles. The summed E-state index contributed by atoms with van der Waals surface area (Å²) in [7, 11) is 0. The fourth-order valence-corrected chi connectivity index (χ4v) is 3.39. The zero-order valence-corrected chi connectivity index (χ0v) is 9.74. The molecule has 0 bridgehead atoms. The monoisotopic (exact) mass is 214 g/mol. The number of fused-ring (bicyclic) bond motifs is 2. The Morgan fingerprint density at radius 1 is 1.19 bits per heavy atom. The zero-order chi connectivity index (χ0) is 11.2. The van der Waals surface area contributed by atoms with Gasteiger partial charge in [0.1, 0.15) is 0 Å². The Morgan fingerprint density at radius 2 is 1.88 bits per heavy atom. The molecule has 3 rings (SSSR count). The molecule has 1 N–H and O–H groups in total. The van der Waals surface area contributed by atoms with Crippen molar-refractivity contribution in [3.05, 3.63) is 41.5 Å². The number of allylic oxidation sites excluding steroid dienone is 1. The quantitative estimate of drug-likeness (QED) is 0.760. The van der Waals surface area contributed by atoms with Gasteiger partial charge in [0.2, 0.25) is 0 Å². The van der Waals surface area contributed by atoms with Gasteiger partial charge in [-0.3, -0.25) is 0 Å². The fraction of sp³-hybridized carbons (Fsp3) is 0.467. The summed E-state index contributed by atoms with van der Waals surface area (Å²) in [5.41, 5.74) is 4.11. The normalized spacial score (nSPS) is 23.2. The molecule has 1 atom stereocenters. The lowest BCUT2D eigenvalue weighted by atomic mass is 9.81. The molecule has 2 aliphatic rings. The van der Waals surface area contributed by atoms with Gasteiger partial charge in [-0.15, -0.1) is 0 Å². The third-order valence-corrected chi connectivity index (χ3v) is 4.15. The minimum Gasteiger partial charge on any atom is -0.389 e. The molecule has 0 saturated heterocycles. The Balaban J connectivity index is 2.17. The van der Waals surface area contributed by atoms with Crippen molar-refractivity contribution in [3.8, 4) is 0 Å². The van der Waals surface area contributed by atoms with Gasteiger partial charge in [0.05, 0.1) is 6.10 Å². The van der Waals surface area contributed by atoms with E-state index in [4.69, 9.17) is 0 Å². The maximum Gasteiger partial charge on any atom is 0.0765 e. The molecule has 0 amide bonds. The van der Waals surface area contributed by atoms with Gasteiger partial charge in [-0.2, -0.15) is 0 Å². The summed E-state index contributed by atoms with van der Waals surface area (Å²) in [6.07, 6.45) is 7.13. The first-order valence-electron chi connectivity index (χ1n) is 6.24. The molecule has 1 aromatic carbocycles. The SMILES string of the molecule is CC(O)C1=CC2(CCCC2)c2ccccc21. The molecule has 1 fully saturated rings. The maximum absolute atomic E-state index is 9.87. The summed E-state index contributed by atoms with van der Waals surface area (Å²) in [6, 6.07) is 8.59. The first-order chi connectivity index (χ1) is 7.73. The molecule has 2 aliphatic carbocycles. The second-order valence-corrected chi connectivity index (χ2v) is 5.18. The molecule has 0 heterocycles. The topological polar surface area (TPSA) is 20.2 Å². The molecule has 1 unspecified atom stereocenters. The lowest BCUT2D eigenvalue weighted by Gasteiger charge is -2.22. The van der Waals surface area contributed by atoms with E-state index >= 15 is 0 Å². The number of hydrogen-bond donors (Lipinski definition) is 1. The highest BCUT2D eigenvalue weighted by Crippen LogP contribution is 2.50. The summed E-state index contributed by atoms with van der Waals surface area (Å²) < 4.78 is 0. The lowest BCUT2D eigenvalue weighted by Crippen LogP contribution is -2.16. The Kier molecular flexibility index (Phi) is 2.18. The van der Waals surface area contributed by atoms with Crippen LogP contribution in [0.4, 0.5) is 0 Å².